The number of nitrogens with one attached hydrogen (secondary N) is 1. The highest BCUT2D eigenvalue weighted by Gasteiger charge is 2.11. The van der Waals surface area contributed by atoms with Gasteiger partial charge in [0.15, 0.2) is 5.82 Å². The van der Waals surface area contributed by atoms with Gasteiger partial charge in [-0.3, -0.25) is 4.79 Å². The summed E-state index contributed by atoms with van der Waals surface area (Å²) in [6, 6.07) is 14.8. The van der Waals surface area contributed by atoms with Gasteiger partial charge in [-0.05, 0) is 40.8 Å². The van der Waals surface area contributed by atoms with Gasteiger partial charge in [-0.2, -0.15) is 4.68 Å². The van der Waals surface area contributed by atoms with Crippen molar-refractivity contribution in [2.24, 2.45) is 0 Å². The van der Waals surface area contributed by atoms with E-state index in [0.29, 0.717) is 5.82 Å². The van der Waals surface area contributed by atoms with Crippen molar-refractivity contribution in [2.75, 3.05) is 0 Å². The molecule has 0 saturated carbocycles. The van der Waals surface area contributed by atoms with E-state index in [1.165, 1.54) is 22.9 Å². The molecule has 0 bridgehead atoms. The fourth-order valence-electron chi connectivity index (χ4n) is 1.98. The summed E-state index contributed by atoms with van der Waals surface area (Å²) in [5, 5.41) is 14.1. The molecule has 0 unspecified atom stereocenters. The molecule has 1 N–H and O–H groups in total. The Bertz CT molecular complexity index is 787. The van der Waals surface area contributed by atoms with E-state index in [-0.39, 0.29) is 18.0 Å². The molecule has 2 aromatic carbocycles. The number of halogens is 1. The number of amides is 1. The molecule has 0 aliphatic heterocycles. The van der Waals surface area contributed by atoms with E-state index in [4.69, 9.17) is 0 Å². The van der Waals surface area contributed by atoms with Crippen molar-refractivity contribution in [3.05, 3.63) is 71.8 Å². The predicted octanol–water partition coefficient (Wildman–Crippen LogP) is 1.73. The lowest BCUT2D eigenvalue weighted by atomic mass is 10.2. The lowest BCUT2D eigenvalue weighted by Gasteiger charge is -2.06. The van der Waals surface area contributed by atoms with Gasteiger partial charge in [0.05, 0.1) is 12.2 Å². The van der Waals surface area contributed by atoms with E-state index in [0.717, 1.165) is 5.69 Å². The van der Waals surface area contributed by atoms with Crippen LogP contribution in [0.5, 0.6) is 0 Å². The second kappa shape index (κ2) is 6.13. The standard InChI is InChI=1S/C15H12FN5O/c16-12-6-4-5-11(9-12)15(22)17-10-14-18-19-20-21(14)13-7-2-1-3-8-13/h1-9H,10H2,(H,17,22). The molecule has 110 valence electrons. The first-order valence-electron chi connectivity index (χ1n) is 6.60. The fourth-order valence-corrected chi connectivity index (χ4v) is 1.98. The lowest BCUT2D eigenvalue weighted by Crippen LogP contribution is -2.24. The molecular weight excluding hydrogens is 285 g/mol. The normalized spacial score (nSPS) is 10.4. The summed E-state index contributed by atoms with van der Waals surface area (Å²) >= 11 is 0. The molecule has 22 heavy (non-hydrogen) atoms. The van der Waals surface area contributed by atoms with E-state index in [1.54, 1.807) is 6.07 Å². The summed E-state index contributed by atoms with van der Waals surface area (Å²) in [5.74, 6) is -0.361. The number of carbonyl (C=O) groups is 1. The van der Waals surface area contributed by atoms with Crippen LogP contribution in [0.3, 0.4) is 0 Å². The highest BCUT2D eigenvalue weighted by atomic mass is 19.1. The molecule has 0 aliphatic carbocycles. The molecule has 1 heterocycles. The van der Waals surface area contributed by atoms with Gasteiger partial charge in [0.1, 0.15) is 5.82 Å². The van der Waals surface area contributed by atoms with E-state index < -0.39 is 5.82 Å². The molecule has 7 heteroatoms. The Morgan fingerprint density at radius 3 is 2.73 bits per heavy atom. The SMILES string of the molecule is O=C(NCc1nnnn1-c1ccccc1)c1cccc(F)c1. The maximum absolute atomic E-state index is 13.1. The number of para-hydroxylation sites is 1. The van der Waals surface area contributed by atoms with Crippen LogP contribution in [-0.2, 0) is 6.54 Å². The smallest absolute Gasteiger partial charge is 0.251 e. The monoisotopic (exact) mass is 297 g/mol. The van der Waals surface area contributed by atoms with Crippen molar-refractivity contribution in [2.45, 2.75) is 6.54 Å². The first-order valence-corrected chi connectivity index (χ1v) is 6.60. The largest absolute Gasteiger partial charge is 0.345 e. The molecular formula is C15H12FN5O. The maximum atomic E-state index is 13.1. The minimum Gasteiger partial charge on any atom is -0.345 e. The Morgan fingerprint density at radius 1 is 1.14 bits per heavy atom. The van der Waals surface area contributed by atoms with Crippen LogP contribution in [0.4, 0.5) is 4.39 Å². The van der Waals surface area contributed by atoms with Gasteiger partial charge in [-0.1, -0.05) is 24.3 Å². The van der Waals surface area contributed by atoms with Gasteiger partial charge in [0.2, 0.25) is 0 Å². The third kappa shape index (κ3) is 2.98. The number of hydrogen-bond donors (Lipinski definition) is 1. The lowest BCUT2D eigenvalue weighted by molar-refractivity contribution is 0.0949. The number of hydrogen-bond acceptors (Lipinski definition) is 4. The minimum absolute atomic E-state index is 0.136. The van der Waals surface area contributed by atoms with Crippen LogP contribution in [-0.4, -0.2) is 26.1 Å². The Morgan fingerprint density at radius 2 is 1.95 bits per heavy atom. The van der Waals surface area contributed by atoms with Crippen molar-refractivity contribution in [3.8, 4) is 5.69 Å². The van der Waals surface area contributed by atoms with Crippen molar-refractivity contribution in [3.63, 3.8) is 0 Å². The Kier molecular flexibility index (Phi) is 3.86. The highest BCUT2D eigenvalue weighted by Crippen LogP contribution is 2.07. The zero-order valence-electron chi connectivity index (χ0n) is 11.5. The van der Waals surface area contributed by atoms with Crippen LogP contribution in [0.25, 0.3) is 5.69 Å². The fraction of sp³-hybridized carbons (Fsp3) is 0.0667. The zero-order valence-corrected chi connectivity index (χ0v) is 11.5. The topological polar surface area (TPSA) is 72.7 Å². The quantitative estimate of drug-likeness (QED) is 0.796. The first-order chi connectivity index (χ1) is 10.7. The molecule has 0 atom stereocenters. The number of aromatic nitrogens is 4. The maximum Gasteiger partial charge on any atom is 0.251 e. The number of nitrogens with zero attached hydrogens (tertiary/aromatic N) is 4. The van der Waals surface area contributed by atoms with Crippen LogP contribution in [0, 0.1) is 5.82 Å². The number of carbonyl (C=O) groups excluding carboxylic acids is 1. The highest BCUT2D eigenvalue weighted by molar-refractivity contribution is 5.94. The molecule has 0 fully saturated rings. The number of tetrazole rings is 1. The van der Waals surface area contributed by atoms with Gasteiger partial charge in [-0.25, -0.2) is 4.39 Å². The average Bonchev–Trinajstić information content (AvgIpc) is 3.02. The predicted molar refractivity (Wildman–Crippen MR) is 76.7 cm³/mol. The van der Waals surface area contributed by atoms with Gasteiger partial charge in [-0.15, -0.1) is 5.10 Å². The van der Waals surface area contributed by atoms with Gasteiger partial charge < -0.3 is 5.32 Å². The Balaban J connectivity index is 1.73. The van der Waals surface area contributed by atoms with Crippen molar-refractivity contribution in [1.29, 1.82) is 0 Å². The minimum atomic E-state index is -0.457. The molecule has 3 aromatic rings. The molecule has 0 saturated heterocycles. The second-order valence-corrected chi connectivity index (χ2v) is 4.54. The van der Waals surface area contributed by atoms with Crippen molar-refractivity contribution in [1.82, 2.24) is 25.5 Å². The zero-order chi connectivity index (χ0) is 15.4. The Hall–Kier alpha value is -3.09. The molecule has 3 rings (SSSR count). The molecule has 1 amide bonds. The molecule has 6 nitrogen and oxygen atoms in total. The summed E-state index contributed by atoms with van der Waals surface area (Å²) in [5.41, 5.74) is 1.04. The van der Waals surface area contributed by atoms with E-state index in [9.17, 15) is 9.18 Å². The van der Waals surface area contributed by atoms with Gasteiger partial charge >= 0.3 is 0 Å². The van der Waals surface area contributed by atoms with Crippen LogP contribution < -0.4 is 5.32 Å². The van der Waals surface area contributed by atoms with E-state index >= 15 is 0 Å². The molecule has 0 spiro atoms. The van der Waals surface area contributed by atoms with Gasteiger partial charge in [0, 0.05) is 5.56 Å². The van der Waals surface area contributed by atoms with Crippen LogP contribution in [0.2, 0.25) is 0 Å². The van der Waals surface area contributed by atoms with E-state index in [2.05, 4.69) is 20.8 Å². The van der Waals surface area contributed by atoms with Crippen LogP contribution in [0.15, 0.2) is 54.6 Å². The van der Waals surface area contributed by atoms with Crippen molar-refractivity contribution < 1.29 is 9.18 Å². The number of benzene rings is 2. The number of rotatable bonds is 4. The Labute approximate surface area is 125 Å². The van der Waals surface area contributed by atoms with E-state index in [1.807, 2.05) is 30.3 Å². The third-order valence-corrected chi connectivity index (χ3v) is 3.03. The summed E-state index contributed by atoms with van der Waals surface area (Å²) in [7, 11) is 0. The summed E-state index contributed by atoms with van der Waals surface area (Å²) in [6.07, 6.45) is 0. The van der Waals surface area contributed by atoms with Crippen LogP contribution >= 0.6 is 0 Å². The molecule has 0 radical (unpaired) electrons. The van der Waals surface area contributed by atoms with Gasteiger partial charge in [0.25, 0.3) is 5.91 Å². The molecule has 0 aliphatic rings. The average molecular weight is 297 g/mol. The first kappa shape index (κ1) is 13.9. The van der Waals surface area contributed by atoms with Crippen molar-refractivity contribution >= 4 is 5.91 Å². The summed E-state index contributed by atoms with van der Waals surface area (Å²) in [6.45, 7) is 0.136. The summed E-state index contributed by atoms with van der Waals surface area (Å²) in [4.78, 5) is 12.0. The summed E-state index contributed by atoms with van der Waals surface area (Å²) < 4.78 is 14.6. The molecule has 1 aromatic heterocycles. The third-order valence-electron chi connectivity index (χ3n) is 3.03. The van der Waals surface area contributed by atoms with Crippen LogP contribution in [0.1, 0.15) is 16.2 Å². The second-order valence-electron chi connectivity index (χ2n) is 4.54.